The predicted molar refractivity (Wildman–Crippen MR) is 122 cm³/mol. The molecule has 0 unspecified atom stereocenters. The molecule has 1 aromatic carbocycles. The number of carbonyl (C=O) groups excluding carboxylic acids is 2. The summed E-state index contributed by atoms with van der Waals surface area (Å²) >= 11 is 3.24. The summed E-state index contributed by atoms with van der Waals surface area (Å²) in [5.41, 5.74) is 3.62. The van der Waals surface area contributed by atoms with Crippen LogP contribution in [0.5, 0.6) is 0 Å². The normalized spacial score (nSPS) is 17.5. The first-order chi connectivity index (χ1) is 14.7. The minimum Gasteiger partial charge on any atom is -0.339 e. The van der Waals surface area contributed by atoms with Crippen LogP contribution in [-0.2, 0) is 10.5 Å². The molecule has 160 valence electrons. The highest BCUT2D eigenvalue weighted by molar-refractivity contribution is 7.98. The van der Waals surface area contributed by atoms with Crippen molar-refractivity contribution in [2.45, 2.75) is 49.2 Å². The van der Waals surface area contributed by atoms with E-state index in [4.69, 9.17) is 0 Å². The number of carbonyl (C=O) groups is 2. The highest BCUT2D eigenvalue weighted by Gasteiger charge is 2.26. The van der Waals surface area contributed by atoms with Gasteiger partial charge in [0.2, 0.25) is 5.91 Å². The summed E-state index contributed by atoms with van der Waals surface area (Å²) in [4.78, 5) is 34.9. The standard InChI is InChI=1S/C23H29N3O2S2/c27-22(10-9-18-5-1-2-6-18)25-11-13-26(14-12-25)23(28)20-7-3-4-8-21(20)30-16-19-15-29-17-24-19/h3-4,7-8,15,17-18H,1-2,5-6,9-14,16H2. The molecule has 0 bridgehead atoms. The maximum absolute atomic E-state index is 13.2. The smallest absolute Gasteiger partial charge is 0.255 e. The molecule has 0 radical (unpaired) electrons. The van der Waals surface area contributed by atoms with Gasteiger partial charge < -0.3 is 9.80 Å². The summed E-state index contributed by atoms with van der Waals surface area (Å²) in [5.74, 6) is 1.83. The Kier molecular flexibility index (Phi) is 7.44. The molecule has 2 aliphatic rings. The number of amides is 2. The zero-order valence-electron chi connectivity index (χ0n) is 17.3. The second kappa shape index (κ2) is 10.4. The van der Waals surface area contributed by atoms with Crippen LogP contribution in [0.4, 0.5) is 0 Å². The Balaban J connectivity index is 1.29. The van der Waals surface area contributed by atoms with Gasteiger partial charge in [0.05, 0.1) is 16.8 Å². The first-order valence-corrected chi connectivity index (χ1v) is 12.8. The molecular formula is C23H29N3O2S2. The molecule has 2 heterocycles. The van der Waals surface area contributed by atoms with Crippen molar-refractivity contribution >= 4 is 34.9 Å². The molecule has 30 heavy (non-hydrogen) atoms. The minimum atomic E-state index is 0.0643. The van der Waals surface area contributed by atoms with E-state index in [-0.39, 0.29) is 11.8 Å². The molecule has 1 aromatic heterocycles. The largest absolute Gasteiger partial charge is 0.339 e. The van der Waals surface area contributed by atoms with Crippen LogP contribution in [0.2, 0.25) is 0 Å². The number of thiazole rings is 1. The molecular weight excluding hydrogens is 414 g/mol. The summed E-state index contributed by atoms with van der Waals surface area (Å²) in [6.45, 7) is 2.50. The van der Waals surface area contributed by atoms with E-state index in [1.54, 1.807) is 23.1 Å². The van der Waals surface area contributed by atoms with Crippen LogP contribution in [0.3, 0.4) is 0 Å². The van der Waals surface area contributed by atoms with Gasteiger partial charge in [-0.25, -0.2) is 4.98 Å². The Morgan fingerprint density at radius 2 is 1.80 bits per heavy atom. The van der Waals surface area contributed by atoms with Gasteiger partial charge in [-0.15, -0.1) is 23.1 Å². The summed E-state index contributed by atoms with van der Waals surface area (Å²) in [6.07, 6.45) is 6.91. The van der Waals surface area contributed by atoms with Crippen LogP contribution >= 0.6 is 23.1 Å². The van der Waals surface area contributed by atoms with E-state index < -0.39 is 0 Å². The van der Waals surface area contributed by atoms with E-state index in [0.29, 0.717) is 32.6 Å². The van der Waals surface area contributed by atoms with Gasteiger partial charge in [-0.1, -0.05) is 37.8 Å². The summed E-state index contributed by atoms with van der Waals surface area (Å²) in [7, 11) is 0. The van der Waals surface area contributed by atoms with Gasteiger partial charge in [0.1, 0.15) is 0 Å². The lowest BCUT2D eigenvalue weighted by molar-refractivity contribution is -0.133. The monoisotopic (exact) mass is 443 g/mol. The third kappa shape index (κ3) is 5.43. The Bertz CT molecular complexity index is 842. The number of thioether (sulfide) groups is 1. The number of nitrogens with zero attached hydrogens (tertiary/aromatic N) is 3. The van der Waals surface area contributed by atoms with Crippen LogP contribution in [-0.4, -0.2) is 52.8 Å². The van der Waals surface area contributed by atoms with Crippen molar-refractivity contribution in [2.75, 3.05) is 26.2 Å². The van der Waals surface area contributed by atoms with Crippen molar-refractivity contribution in [3.05, 3.63) is 46.4 Å². The number of hydrogen-bond donors (Lipinski definition) is 0. The fraction of sp³-hybridized carbons (Fsp3) is 0.522. The predicted octanol–water partition coefficient (Wildman–Crippen LogP) is 4.69. The van der Waals surface area contributed by atoms with Crippen molar-refractivity contribution in [2.24, 2.45) is 5.92 Å². The van der Waals surface area contributed by atoms with E-state index >= 15 is 0 Å². The van der Waals surface area contributed by atoms with Gasteiger partial charge in [-0.05, 0) is 24.5 Å². The summed E-state index contributed by atoms with van der Waals surface area (Å²) in [6, 6.07) is 7.81. The highest BCUT2D eigenvalue weighted by Crippen LogP contribution is 2.29. The SMILES string of the molecule is O=C(CCC1CCCC1)N1CCN(C(=O)c2ccccc2SCc2cscn2)CC1. The van der Waals surface area contributed by atoms with Crippen molar-refractivity contribution in [3.8, 4) is 0 Å². The number of rotatable bonds is 7. The fourth-order valence-corrected chi connectivity index (χ4v) is 5.95. The highest BCUT2D eigenvalue weighted by atomic mass is 32.2. The lowest BCUT2D eigenvalue weighted by Gasteiger charge is -2.35. The van der Waals surface area contributed by atoms with E-state index in [2.05, 4.69) is 4.98 Å². The second-order valence-electron chi connectivity index (χ2n) is 8.13. The molecule has 5 nitrogen and oxygen atoms in total. The molecule has 0 spiro atoms. The number of piperazine rings is 1. The molecule has 2 amide bonds. The quantitative estimate of drug-likeness (QED) is 0.583. The van der Waals surface area contributed by atoms with Gasteiger partial charge in [0, 0.05) is 48.6 Å². The second-order valence-corrected chi connectivity index (χ2v) is 9.86. The average molecular weight is 444 g/mol. The van der Waals surface area contributed by atoms with Gasteiger partial charge in [0.25, 0.3) is 5.91 Å². The van der Waals surface area contributed by atoms with Crippen LogP contribution < -0.4 is 0 Å². The third-order valence-corrected chi connectivity index (χ3v) is 7.88. The van der Waals surface area contributed by atoms with Crippen molar-refractivity contribution < 1.29 is 9.59 Å². The fourth-order valence-electron chi connectivity index (χ4n) is 4.34. The van der Waals surface area contributed by atoms with Crippen molar-refractivity contribution in [1.82, 2.24) is 14.8 Å². The molecule has 7 heteroatoms. The van der Waals surface area contributed by atoms with Crippen LogP contribution in [0.15, 0.2) is 40.1 Å². The zero-order valence-corrected chi connectivity index (χ0v) is 18.9. The molecule has 0 atom stereocenters. The Hall–Kier alpha value is -1.86. The number of aromatic nitrogens is 1. The lowest BCUT2D eigenvalue weighted by Crippen LogP contribution is -2.50. The van der Waals surface area contributed by atoms with Gasteiger partial charge >= 0.3 is 0 Å². The molecule has 1 saturated carbocycles. The van der Waals surface area contributed by atoms with Crippen molar-refractivity contribution in [1.29, 1.82) is 0 Å². The van der Waals surface area contributed by atoms with Crippen LogP contribution in [0, 0.1) is 5.92 Å². The Labute approximate surface area is 186 Å². The van der Waals surface area contributed by atoms with E-state index in [1.807, 2.05) is 45.0 Å². The molecule has 0 N–H and O–H groups in total. The molecule has 2 aromatic rings. The number of benzene rings is 1. The summed E-state index contributed by atoms with van der Waals surface area (Å²) in [5, 5.41) is 2.04. The van der Waals surface area contributed by atoms with Gasteiger partial charge in [-0.2, -0.15) is 0 Å². The van der Waals surface area contributed by atoms with Crippen LogP contribution in [0.25, 0.3) is 0 Å². The molecule has 1 saturated heterocycles. The lowest BCUT2D eigenvalue weighted by atomic mass is 10.0. The molecule has 2 fully saturated rings. The third-order valence-electron chi connectivity index (χ3n) is 6.14. The minimum absolute atomic E-state index is 0.0643. The molecule has 1 aliphatic heterocycles. The molecule has 4 rings (SSSR count). The first-order valence-electron chi connectivity index (χ1n) is 10.9. The van der Waals surface area contributed by atoms with Crippen LogP contribution in [0.1, 0.15) is 54.6 Å². The average Bonchev–Trinajstić information content (AvgIpc) is 3.50. The summed E-state index contributed by atoms with van der Waals surface area (Å²) < 4.78 is 0. The zero-order chi connectivity index (χ0) is 20.8. The van der Waals surface area contributed by atoms with E-state index in [9.17, 15) is 9.59 Å². The maximum atomic E-state index is 13.2. The Morgan fingerprint density at radius 1 is 1.07 bits per heavy atom. The number of hydrogen-bond acceptors (Lipinski definition) is 5. The van der Waals surface area contributed by atoms with Gasteiger partial charge in [-0.3, -0.25) is 9.59 Å². The Morgan fingerprint density at radius 3 is 2.53 bits per heavy atom. The van der Waals surface area contributed by atoms with E-state index in [1.165, 1.54) is 25.7 Å². The first kappa shape index (κ1) is 21.4. The van der Waals surface area contributed by atoms with E-state index in [0.717, 1.165) is 34.2 Å². The molecule has 1 aliphatic carbocycles. The van der Waals surface area contributed by atoms with Gasteiger partial charge in [0.15, 0.2) is 0 Å². The maximum Gasteiger partial charge on any atom is 0.255 e. The topological polar surface area (TPSA) is 53.5 Å². The van der Waals surface area contributed by atoms with Crippen molar-refractivity contribution in [3.63, 3.8) is 0 Å².